The molecular weight excluding hydrogens is 481 g/mol. The summed E-state index contributed by atoms with van der Waals surface area (Å²) in [5.41, 5.74) is -0.132. The number of hydrogen-bond acceptors (Lipinski definition) is 7. The zero-order valence-electron chi connectivity index (χ0n) is 19.3. The number of carboxylic acids is 1. The highest BCUT2D eigenvalue weighted by Crippen LogP contribution is 2.48. The third-order valence-electron chi connectivity index (χ3n) is 6.50. The van der Waals surface area contributed by atoms with Crippen LogP contribution in [0.1, 0.15) is 43.0 Å². The standard InChI is InChI=1S/C24H25F3N4O3S/c1-12-6-15(9-16(7-12)30-22-28-5-4-19(31-22)24(25,26)27)18-11-29-21(35-18)23(34)10-13(2)17(20(32)33)8-14(23)3/h4-7,9,11,13-14,17,34H,8,10H2,1-3H3,(H,32,33)(H,28,30,31). The van der Waals surface area contributed by atoms with Gasteiger partial charge in [0, 0.05) is 18.1 Å². The van der Waals surface area contributed by atoms with Gasteiger partial charge in [-0.3, -0.25) is 4.79 Å². The summed E-state index contributed by atoms with van der Waals surface area (Å²) in [6.07, 6.45) is -1.22. The molecule has 1 aliphatic rings. The number of thiazole rings is 1. The Balaban J connectivity index is 1.60. The first-order valence-electron chi connectivity index (χ1n) is 11.1. The summed E-state index contributed by atoms with van der Waals surface area (Å²) in [4.78, 5) is 24.2. The molecule has 186 valence electrons. The number of nitrogens with zero attached hydrogens (tertiary/aromatic N) is 3. The first kappa shape index (κ1) is 25.1. The minimum atomic E-state index is -4.57. The molecule has 0 aliphatic heterocycles. The number of carboxylic acid groups (broad SMARTS) is 1. The fraction of sp³-hybridized carbons (Fsp3) is 0.417. The van der Waals surface area contributed by atoms with Gasteiger partial charge in [-0.1, -0.05) is 19.9 Å². The topological polar surface area (TPSA) is 108 Å². The van der Waals surface area contributed by atoms with Crippen molar-refractivity contribution in [1.82, 2.24) is 15.0 Å². The second kappa shape index (κ2) is 9.19. The van der Waals surface area contributed by atoms with Crippen molar-refractivity contribution in [2.75, 3.05) is 5.32 Å². The lowest BCUT2D eigenvalue weighted by atomic mass is 9.67. The Labute approximate surface area is 204 Å². The highest BCUT2D eigenvalue weighted by atomic mass is 32.1. The monoisotopic (exact) mass is 506 g/mol. The van der Waals surface area contributed by atoms with E-state index in [-0.39, 0.29) is 17.8 Å². The fourth-order valence-electron chi connectivity index (χ4n) is 4.60. The van der Waals surface area contributed by atoms with E-state index in [1.54, 1.807) is 18.3 Å². The molecule has 0 bridgehead atoms. The van der Waals surface area contributed by atoms with Gasteiger partial charge in [-0.25, -0.2) is 15.0 Å². The summed E-state index contributed by atoms with van der Waals surface area (Å²) in [6.45, 7) is 5.53. The number of hydrogen-bond donors (Lipinski definition) is 3. The molecule has 4 rings (SSSR count). The minimum absolute atomic E-state index is 0.173. The van der Waals surface area contributed by atoms with E-state index < -0.39 is 29.4 Å². The number of aliphatic carboxylic acids is 1. The number of aromatic nitrogens is 3. The fourth-order valence-corrected chi connectivity index (χ4v) is 5.71. The Morgan fingerprint density at radius 2 is 1.97 bits per heavy atom. The van der Waals surface area contributed by atoms with E-state index in [2.05, 4.69) is 20.3 Å². The summed E-state index contributed by atoms with van der Waals surface area (Å²) < 4.78 is 38.9. The molecule has 2 aromatic heterocycles. The summed E-state index contributed by atoms with van der Waals surface area (Å²) in [7, 11) is 0. The van der Waals surface area contributed by atoms with Gasteiger partial charge in [0.05, 0.1) is 10.8 Å². The maximum Gasteiger partial charge on any atom is 0.433 e. The largest absolute Gasteiger partial charge is 0.481 e. The number of carbonyl (C=O) groups is 1. The molecule has 1 saturated carbocycles. The lowest BCUT2D eigenvalue weighted by Crippen LogP contribution is -2.44. The predicted octanol–water partition coefficient (Wildman–Crippen LogP) is 5.63. The number of nitrogens with one attached hydrogen (secondary N) is 1. The van der Waals surface area contributed by atoms with Crippen molar-refractivity contribution in [3.8, 4) is 10.4 Å². The number of aliphatic hydroxyl groups is 1. The molecule has 4 atom stereocenters. The molecule has 11 heteroatoms. The molecule has 0 radical (unpaired) electrons. The second-order valence-electron chi connectivity index (χ2n) is 9.19. The van der Waals surface area contributed by atoms with Gasteiger partial charge in [0.25, 0.3) is 0 Å². The van der Waals surface area contributed by atoms with Crippen LogP contribution in [0.3, 0.4) is 0 Å². The van der Waals surface area contributed by atoms with Gasteiger partial charge >= 0.3 is 12.1 Å². The Bertz CT molecular complexity index is 1250. The van der Waals surface area contributed by atoms with E-state index in [0.717, 1.165) is 28.3 Å². The van der Waals surface area contributed by atoms with Crippen LogP contribution in [0.4, 0.5) is 24.8 Å². The number of halogens is 3. The lowest BCUT2D eigenvalue weighted by Gasteiger charge is -2.42. The highest BCUT2D eigenvalue weighted by molar-refractivity contribution is 7.15. The maximum absolute atomic E-state index is 13.0. The Morgan fingerprint density at radius 3 is 2.66 bits per heavy atom. The van der Waals surface area contributed by atoms with Crippen LogP contribution in [0, 0.1) is 24.7 Å². The molecule has 1 aliphatic carbocycles. The zero-order chi connectivity index (χ0) is 25.5. The molecule has 3 aromatic rings. The summed E-state index contributed by atoms with van der Waals surface area (Å²) in [5, 5.41) is 24.3. The minimum Gasteiger partial charge on any atom is -0.481 e. The van der Waals surface area contributed by atoms with Gasteiger partial charge in [-0.15, -0.1) is 11.3 Å². The first-order valence-corrected chi connectivity index (χ1v) is 11.9. The summed E-state index contributed by atoms with van der Waals surface area (Å²) in [5.74, 6) is -2.02. The molecule has 35 heavy (non-hydrogen) atoms. The van der Waals surface area contributed by atoms with E-state index in [9.17, 15) is 28.2 Å². The molecule has 4 unspecified atom stereocenters. The molecule has 3 N–H and O–H groups in total. The van der Waals surface area contributed by atoms with Gasteiger partial charge in [0.2, 0.25) is 5.95 Å². The van der Waals surface area contributed by atoms with Gasteiger partial charge < -0.3 is 15.5 Å². The highest BCUT2D eigenvalue weighted by Gasteiger charge is 2.48. The van der Waals surface area contributed by atoms with Crippen LogP contribution in [0.5, 0.6) is 0 Å². The van der Waals surface area contributed by atoms with Gasteiger partial charge in [-0.05, 0) is 60.9 Å². The Kier molecular flexibility index (Phi) is 6.58. The van der Waals surface area contributed by atoms with E-state index >= 15 is 0 Å². The molecular formula is C24H25F3N4O3S. The molecule has 1 fully saturated rings. The van der Waals surface area contributed by atoms with Gasteiger partial charge in [0.15, 0.2) is 0 Å². The van der Waals surface area contributed by atoms with E-state index in [4.69, 9.17) is 0 Å². The van der Waals surface area contributed by atoms with Crippen LogP contribution in [-0.4, -0.2) is 31.1 Å². The van der Waals surface area contributed by atoms with Gasteiger partial charge in [-0.2, -0.15) is 13.2 Å². The number of anilines is 2. The van der Waals surface area contributed by atoms with Crippen molar-refractivity contribution in [1.29, 1.82) is 0 Å². The number of alkyl halides is 3. The quantitative estimate of drug-likeness (QED) is 0.412. The van der Waals surface area contributed by atoms with E-state index in [0.29, 0.717) is 23.5 Å². The van der Waals surface area contributed by atoms with Crippen LogP contribution < -0.4 is 5.32 Å². The summed E-state index contributed by atoms with van der Waals surface area (Å²) >= 11 is 1.32. The number of benzene rings is 1. The summed E-state index contributed by atoms with van der Waals surface area (Å²) in [6, 6.07) is 6.24. The van der Waals surface area contributed by atoms with Gasteiger partial charge in [0.1, 0.15) is 16.3 Å². The van der Waals surface area contributed by atoms with Crippen LogP contribution in [0.2, 0.25) is 0 Å². The number of rotatable bonds is 5. The molecule has 2 heterocycles. The van der Waals surface area contributed by atoms with Crippen molar-refractivity contribution < 1.29 is 28.2 Å². The zero-order valence-corrected chi connectivity index (χ0v) is 20.1. The lowest BCUT2D eigenvalue weighted by molar-refractivity contribution is -0.152. The van der Waals surface area contributed by atoms with Crippen molar-refractivity contribution >= 4 is 28.9 Å². The van der Waals surface area contributed by atoms with E-state index in [1.807, 2.05) is 26.8 Å². The first-order chi connectivity index (χ1) is 16.4. The third-order valence-corrected chi connectivity index (χ3v) is 7.71. The molecule has 1 aromatic carbocycles. The molecule has 7 nitrogen and oxygen atoms in total. The SMILES string of the molecule is Cc1cc(Nc2nccc(C(F)(F)F)n2)cc(-c2cnc(C3(O)CC(C)C(C(=O)O)CC3C)s2)c1. The Morgan fingerprint density at radius 1 is 1.23 bits per heavy atom. The van der Waals surface area contributed by atoms with E-state index in [1.165, 1.54) is 11.3 Å². The average Bonchev–Trinajstić information content (AvgIpc) is 3.26. The predicted molar refractivity (Wildman–Crippen MR) is 125 cm³/mol. The normalized spacial score (nSPS) is 24.8. The van der Waals surface area contributed by atoms with Crippen LogP contribution in [0.25, 0.3) is 10.4 Å². The van der Waals surface area contributed by atoms with Crippen molar-refractivity contribution in [3.05, 3.63) is 52.9 Å². The van der Waals surface area contributed by atoms with Crippen molar-refractivity contribution in [2.24, 2.45) is 17.8 Å². The van der Waals surface area contributed by atoms with Crippen molar-refractivity contribution in [2.45, 2.75) is 45.4 Å². The van der Waals surface area contributed by atoms with Crippen LogP contribution >= 0.6 is 11.3 Å². The third kappa shape index (κ3) is 5.15. The Hall–Kier alpha value is -3.05. The smallest absolute Gasteiger partial charge is 0.433 e. The number of aryl methyl sites for hydroxylation is 1. The average molecular weight is 507 g/mol. The molecule has 0 spiro atoms. The van der Waals surface area contributed by atoms with Crippen molar-refractivity contribution in [3.63, 3.8) is 0 Å². The molecule has 0 saturated heterocycles. The second-order valence-corrected chi connectivity index (χ2v) is 10.2. The maximum atomic E-state index is 13.0. The van der Waals surface area contributed by atoms with Crippen LogP contribution in [0.15, 0.2) is 36.7 Å². The molecule has 0 amide bonds. The van der Waals surface area contributed by atoms with Crippen LogP contribution in [-0.2, 0) is 16.6 Å².